The maximum atomic E-state index is 13.3. The highest BCUT2D eigenvalue weighted by molar-refractivity contribution is 5.83. The second kappa shape index (κ2) is 14.8. The molecule has 2 aromatic heterocycles. The van der Waals surface area contributed by atoms with Crippen LogP contribution in [0.4, 0.5) is 13.2 Å². The van der Waals surface area contributed by atoms with Gasteiger partial charge in [-0.3, -0.25) is 19.4 Å². The molecule has 4 aromatic rings. The molecule has 4 heterocycles. The molecule has 0 spiro atoms. The van der Waals surface area contributed by atoms with Gasteiger partial charge in [-0.15, -0.1) is 0 Å². The van der Waals surface area contributed by atoms with E-state index in [2.05, 4.69) is 60.1 Å². The molecule has 1 saturated carbocycles. The highest BCUT2D eigenvalue weighted by Crippen LogP contribution is 2.48. The van der Waals surface area contributed by atoms with Gasteiger partial charge in [-0.1, -0.05) is 48.5 Å². The fraction of sp³-hybridized carbons (Fsp3) is 0.500. The van der Waals surface area contributed by atoms with Gasteiger partial charge in [-0.2, -0.15) is 23.4 Å². The molecular weight excluding hydrogens is 671 g/mol. The number of alkyl halides is 3. The zero-order valence-electron chi connectivity index (χ0n) is 29.6. The Labute approximate surface area is 301 Å². The predicted molar refractivity (Wildman–Crippen MR) is 190 cm³/mol. The van der Waals surface area contributed by atoms with E-state index in [0.717, 1.165) is 100 Å². The number of benzene rings is 2. The van der Waals surface area contributed by atoms with Crippen LogP contribution >= 0.6 is 0 Å². The summed E-state index contributed by atoms with van der Waals surface area (Å²) in [4.78, 5) is 34.3. The number of carbonyl (C=O) groups excluding carboxylic acids is 2. The maximum Gasteiger partial charge on any atom is 0.401 e. The minimum Gasteiger partial charge on any atom is -0.349 e. The number of likely N-dealkylation sites (tertiary alicyclic amines) is 1. The van der Waals surface area contributed by atoms with Gasteiger partial charge in [0.1, 0.15) is 17.8 Å². The van der Waals surface area contributed by atoms with E-state index in [4.69, 9.17) is 0 Å². The third kappa shape index (κ3) is 8.07. The molecule has 52 heavy (non-hydrogen) atoms. The van der Waals surface area contributed by atoms with Gasteiger partial charge in [-0.05, 0) is 67.2 Å². The summed E-state index contributed by atoms with van der Waals surface area (Å²) < 4.78 is 41.7. The molecule has 276 valence electrons. The minimum atomic E-state index is -4.49. The number of hydrogen-bond acceptors (Lipinski definition) is 7. The Kier molecular flexibility index (Phi) is 10.2. The van der Waals surface area contributed by atoms with Crippen molar-refractivity contribution in [1.29, 1.82) is 0 Å². The zero-order valence-corrected chi connectivity index (χ0v) is 29.6. The van der Waals surface area contributed by atoms with E-state index in [0.29, 0.717) is 12.3 Å². The molecule has 2 aromatic carbocycles. The van der Waals surface area contributed by atoms with Gasteiger partial charge in [0.15, 0.2) is 5.82 Å². The smallest absolute Gasteiger partial charge is 0.349 e. The Morgan fingerprint density at radius 3 is 2.19 bits per heavy atom. The summed E-state index contributed by atoms with van der Waals surface area (Å²) in [6, 6.07) is 16.4. The van der Waals surface area contributed by atoms with Gasteiger partial charge in [0, 0.05) is 63.5 Å². The Balaban J connectivity index is 0.865. The number of aromatic nitrogens is 5. The second-order valence-electron chi connectivity index (χ2n) is 14.9. The van der Waals surface area contributed by atoms with E-state index in [1.165, 1.54) is 0 Å². The van der Waals surface area contributed by atoms with Crippen LogP contribution in [0.15, 0.2) is 60.9 Å². The Hall–Kier alpha value is -4.56. The second-order valence-corrected chi connectivity index (χ2v) is 14.9. The number of halogens is 3. The average Bonchev–Trinajstić information content (AvgIpc) is 3.55. The van der Waals surface area contributed by atoms with Crippen molar-refractivity contribution in [3.05, 3.63) is 78.1 Å². The number of nitrogens with zero attached hydrogens (tertiary/aromatic N) is 6. The number of piperidine rings is 1. The number of rotatable bonds is 11. The number of nitrogens with one attached hydrogen (secondary N) is 3. The van der Waals surface area contributed by atoms with Crippen LogP contribution in [-0.2, 0) is 28.1 Å². The van der Waals surface area contributed by atoms with Crippen LogP contribution in [0, 0.1) is 11.8 Å². The summed E-state index contributed by atoms with van der Waals surface area (Å²) >= 11 is 0. The van der Waals surface area contributed by atoms with Gasteiger partial charge < -0.3 is 20.4 Å². The Morgan fingerprint density at radius 1 is 0.904 bits per heavy atom. The third-order valence-corrected chi connectivity index (χ3v) is 10.9. The van der Waals surface area contributed by atoms with E-state index in [1.807, 2.05) is 35.4 Å². The molecule has 0 radical (unpaired) electrons. The molecule has 2 saturated heterocycles. The van der Waals surface area contributed by atoms with Crippen molar-refractivity contribution < 1.29 is 22.8 Å². The summed E-state index contributed by atoms with van der Waals surface area (Å²) in [5.74, 6) is 0.326. The topological polar surface area (TPSA) is 124 Å². The standard InChI is InChI=1S/C38H46F3N9O2/c1-37(2,38(39,40)41)36-45-33(46-47-36)21-43-35(52)32-19-31(32)29-9-7-27(8-10-29)26-3-5-28(6-4-26)30-20-44-50(23-30)24-34(51)49-15-11-25(12-16-49)22-48-17-13-42-14-18-48/h3-10,20,23,25,31-32,42H,11-19,21-22,24H2,1-2H3,(H,43,52)(H,45,46,47)/t31-,32+/m1/s1. The van der Waals surface area contributed by atoms with Crippen molar-refractivity contribution in [3.63, 3.8) is 0 Å². The third-order valence-electron chi connectivity index (χ3n) is 10.9. The lowest BCUT2D eigenvalue weighted by Crippen LogP contribution is -2.47. The average molecular weight is 718 g/mol. The predicted octanol–water partition coefficient (Wildman–Crippen LogP) is 4.74. The van der Waals surface area contributed by atoms with Crippen molar-refractivity contribution in [3.8, 4) is 22.3 Å². The fourth-order valence-electron chi connectivity index (χ4n) is 7.18. The first kappa shape index (κ1) is 35.8. The number of aromatic amines is 1. The van der Waals surface area contributed by atoms with Crippen LogP contribution in [0.3, 0.4) is 0 Å². The zero-order chi connectivity index (χ0) is 36.5. The van der Waals surface area contributed by atoms with Crippen LogP contribution in [0.25, 0.3) is 22.3 Å². The van der Waals surface area contributed by atoms with Crippen LogP contribution in [-0.4, -0.2) is 98.6 Å². The summed E-state index contributed by atoms with van der Waals surface area (Å²) in [5, 5.41) is 16.9. The number of hydrogen-bond donors (Lipinski definition) is 3. The summed E-state index contributed by atoms with van der Waals surface area (Å²) in [7, 11) is 0. The first-order valence-corrected chi connectivity index (χ1v) is 18.1. The molecule has 0 bridgehead atoms. The van der Waals surface area contributed by atoms with Crippen molar-refractivity contribution in [2.45, 2.75) is 63.7 Å². The van der Waals surface area contributed by atoms with E-state index in [9.17, 15) is 22.8 Å². The lowest BCUT2D eigenvalue weighted by atomic mass is 9.92. The summed E-state index contributed by atoms with van der Waals surface area (Å²) in [6.07, 6.45) is 2.05. The molecule has 1 aliphatic carbocycles. The first-order valence-electron chi connectivity index (χ1n) is 18.1. The Morgan fingerprint density at radius 2 is 1.54 bits per heavy atom. The minimum absolute atomic E-state index is 0.0203. The molecular formula is C38H46F3N9O2. The lowest BCUT2D eigenvalue weighted by Gasteiger charge is -2.36. The van der Waals surface area contributed by atoms with Crippen molar-refractivity contribution >= 4 is 11.8 Å². The molecule has 2 amide bonds. The maximum absolute atomic E-state index is 13.3. The van der Waals surface area contributed by atoms with Gasteiger partial charge >= 0.3 is 6.18 Å². The summed E-state index contributed by atoms with van der Waals surface area (Å²) in [6.45, 7) is 9.37. The first-order chi connectivity index (χ1) is 24.9. The van der Waals surface area contributed by atoms with Crippen LogP contribution in [0.1, 0.15) is 56.2 Å². The largest absolute Gasteiger partial charge is 0.401 e. The molecule has 7 rings (SSSR count). The van der Waals surface area contributed by atoms with Crippen molar-refractivity contribution in [2.75, 3.05) is 45.8 Å². The van der Waals surface area contributed by atoms with Gasteiger partial charge in [0.25, 0.3) is 0 Å². The van der Waals surface area contributed by atoms with Gasteiger partial charge in [0.2, 0.25) is 11.8 Å². The molecule has 2 aliphatic heterocycles. The Bertz CT molecular complexity index is 1840. The van der Waals surface area contributed by atoms with Crippen LogP contribution in [0.2, 0.25) is 0 Å². The molecule has 2 atom stereocenters. The molecule has 3 fully saturated rings. The molecule has 3 aliphatic rings. The lowest BCUT2D eigenvalue weighted by molar-refractivity contribution is -0.182. The molecule has 14 heteroatoms. The summed E-state index contributed by atoms with van der Waals surface area (Å²) in [5.41, 5.74) is 2.95. The normalized spacial score (nSPS) is 20.2. The molecule has 0 unspecified atom stereocenters. The van der Waals surface area contributed by atoms with Crippen molar-refractivity contribution in [1.82, 2.24) is 45.4 Å². The van der Waals surface area contributed by atoms with E-state index in [-0.39, 0.29) is 48.4 Å². The highest BCUT2D eigenvalue weighted by atomic mass is 19.4. The SMILES string of the molecule is CC(C)(c1n[nH]c(CNC(=O)[C@H]2C[C@@H]2c2ccc(-c3ccc(-c4cnn(CC(=O)N5CCC(CN6CCNCC6)CC5)c4)cc3)cc2)n1)C(F)(F)F. The fourth-order valence-corrected chi connectivity index (χ4v) is 7.18. The van der Waals surface area contributed by atoms with E-state index in [1.54, 1.807) is 10.9 Å². The van der Waals surface area contributed by atoms with E-state index < -0.39 is 11.6 Å². The van der Waals surface area contributed by atoms with Crippen LogP contribution in [0.5, 0.6) is 0 Å². The molecule has 3 N–H and O–H groups in total. The monoisotopic (exact) mass is 717 g/mol. The van der Waals surface area contributed by atoms with E-state index >= 15 is 0 Å². The van der Waals surface area contributed by atoms with Gasteiger partial charge in [-0.25, -0.2) is 4.98 Å². The quantitative estimate of drug-likeness (QED) is 0.205. The van der Waals surface area contributed by atoms with Crippen molar-refractivity contribution in [2.24, 2.45) is 11.8 Å². The number of amides is 2. The number of piperazine rings is 1. The number of carbonyl (C=O) groups is 2. The molecule has 11 nitrogen and oxygen atoms in total. The number of H-pyrrole nitrogens is 1. The highest BCUT2D eigenvalue weighted by Gasteiger charge is 2.51. The van der Waals surface area contributed by atoms with Crippen LogP contribution < -0.4 is 10.6 Å². The van der Waals surface area contributed by atoms with Gasteiger partial charge in [0.05, 0.1) is 12.7 Å².